The number of carbonyl (C=O) groups is 1. The fraction of sp³-hybridized carbons (Fsp3) is 0.214. The molecule has 1 unspecified atom stereocenters. The van der Waals surface area contributed by atoms with Gasteiger partial charge in [0.1, 0.15) is 6.04 Å². The zero-order valence-corrected chi connectivity index (χ0v) is 11.2. The largest absolute Gasteiger partial charge is 0.396 e. The van der Waals surface area contributed by atoms with Gasteiger partial charge in [-0.2, -0.15) is 0 Å². The van der Waals surface area contributed by atoms with Crippen LogP contribution in [0.25, 0.3) is 0 Å². The van der Waals surface area contributed by atoms with E-state index in [9.17, 15) is 4.79 Å². The SMILES string of the molecule is NC(C(=O)Nc1ccc(CCO)cc1)c1cccs1. The lowest BCUT2D eigenvalue weighted by molar-refractivity contribution is -0.117. The number of aliphatic hydroxyl groups is 1. The highest BCUT2D eigenvalue weighted by Gasteiger charge is 2.16. The highest BCUT2D eigenvalue weighted by Crippen LogP contribution is 2.19. The Hall–Kier alpha value is -1.69. The molecular weight excluding hydrogens is 260 g/mol. The van der Waals surface area contributed by atoms with E-state index in [2.05, 4.69) is 5.32 Å². The van der Waals surface area contributed by atoms with Crippen molar-refractivity contribution < 1.29 is 9.90 Å². The van der Waals surface area contributed by atoms with Crippen LogP contribution in [0, 0.1) is 0 Å². The molecular formula is C14H16N2O2S. The molecule has 4 N–H and O–H groups in total. The zero-order valence-electron chi connectivity index (χ0n) is 10.4. The Labute approximate surface area is 115 Å². The fourth-order valence-corrected chi connectivity index (χ4v) is 2.43. The quantitative estimate of drug-likeness (QED) is 0.781. The first kappa shape index (κ1) is 13.7. The molecule has 1 amide bonds. The average molecular weight is 276 g/mol. The molecule has 2 rings (SSSR count). The first-order valence-electron chi connectivity index (χ1n) is 6.00. The average Bonchev–Trinajstić information content (AvgIpc) is 2.94. The van der Waals surface area contributed by atoms with Gasteiger partial charge in [0, 0.05) is 17.2 Å². The lowest BCUT2D eigenvalue weighted by atomic mass is 10.1. The van der Waals surface area contributed by atoms with Crippen molar-refractivity contribution in [1.82, 2.24) is 0 Å². The van der Waals surface area contributed by atoms with E-state index >= 15 is 0 Å². The minimum atomic E-state index is -0.642. The van der Waals surface area contributed by atoms with Gasteiger partial charge in [-0.25, -0.2) is 0 Å². The number of nitrogens with one attached hydrogen (secondary N) is 1. The molecule has 0 saturated carbocycles. The zero-order chi connectivity index (χ0) is 13.7. The monoisotopic (exact) mass is 276 g/mol. The van der Waals surface area contributed by atoms with Crippen molar-refractivity contribution in [3.8, 4) is 0 Å². The van der Waals surface area contributed by atoms with Crippen molar-refractivity contribution in [2.45, 2.75) is 12.5 Å². The lowest BCUT2D eigenvalue weighted by Gasteiger charge is -2.11. The number of benzene rings is 1. The molecule has 1 atom stereocenters. The van der Waals surface area contributed by atoms with E-state index in [0.717, 1.165) is 10.4 Å². The predicted molar refractivity (Wildman–Crippen MR) is 77.1 cm³/mol. The van der Waals surface area contributed by atoms with Crippen LogP contribution in [0.4, 0.5) is 5.69 Å². The number of hydrogen-bond acceptors (Lipinski definition) is 4. The summed E-state index contributed by atoms with van der Waals surface area (Å²) < 4.78 is 0. The Morgan fingerprint density at radius 3 is 2.63 bits per heavy atom. The van der Waals surface area contributed by atoms with Crippen LogP contribution in [0.3, 0.4) is 0 Å². The van der Waals surface area contributed by atoms with E-state index in [1.807, 2.05) is 41.8 Å². The van der Waals surface area contributed by atoms with Gasteiger partial charge in [-0.05, 0) is 35.6 Å². The molecule has 0 spiro atoms. The molecule has 5 heteroatoms. The van der Waals surface area contributed by atoms with Crippen molar-refractivity contribution in [2.75, 3.05) is 11.9 Å². The van der Waals surface area contributed by atoms with Crippen LogP contribution in [-0.2, 0) is 11.2 Å². The Kier molecular flexibility index (Phi) is 4.68. The van der Waals surface area contributed by atoms with E-state index in [1.165, 1.54) is 11.3 Å². The molecule has 0 aliphatic rings. The molecule has 100 valence electrons. The van der Waals surface area contributed by atoms with Gasteiger partial charge in [0.05, 0.1) is 0 Å². The summed E-state index contributed by atoms with van der Waals surface area (Å²) in [6.07, 6.45) is 0.614. The van der Waals surface area contributed by atoms with Gasteiger partial charge in [-0.3, -0.25) is 4.79 Å². The van der Waals surface area contributed by atoms with Crippen molar-refractivity contribution >= 4 is 22.9 Å². The molecule has 0 bridgehead atoms. The smallest absolute Gasteiger partial charge is 0.246 e. The number of rotatable bonds is 5. The summed E-state index contributed by atoms with van der Waals surface area (Å²) in [5.41, 5.74) is 7.61. The van der Waals surface area contributed by atoms with Crippen molar-refractivity contribution in [1.29, 1.82) is 0 Å². The minimum Gasteiger partial charge on any atom is -0.396 e. The Bertz CT molecular complexity index is 523. The molecule has 0 fully saturated rings. The maximum atomic E-state index is 12.0. The Morgan fingerprint density at radius 2 is 2.05 bits per heavy atom. The molecule has 1 heterocycles. The number of hydrogen-bond donors (Lipinski definition) is 3. The van der Waals surface area contributed by atoms with Gasteiger partial charge in [-0.1, -0.05) is 18.2 Å². The van der Waals surface area contributed by atoms with Crippen LogP contribution in [0.2, 0.25) is 0 Å². The van der Waals surface area contributed by atoms with Crippen LogP contribution in [0.5, 0.6) is 0 Å². The third kappa shape index (κ3) is 3.64. The molecule has 0 radical (unpaired) electrons. The van der Waals surface area contributed by atoms with Gasteiger partial charge in [0.25, 0.3) is 0 Å². The molecule has 0 saturated heterocycles. The van der Waals surface area contributed by atoms with Crippen molar-refractivity contribution in [2.24, 2.45) is 5.73 Å². The number of nitrogens with two attached hydrogens (primary N) is 1. The molecule has 0 aliphatic heterocycles. The van der Waals surface area contributed by atoms with Crippen molar-refractivity contribution in [3.63, 3.8) is 0 Å². The van der Waals surface area contributed by atoms with E-state index in [-0.39, 0.29) is 12.5 Å². The number of carbonyl (C=O) groups excluding carboxylic acids is 1. The number of anilines is 1. The Balaban J connectivity index is 1.98. The maximum absolute atomic E-state index is 12.0. The summed E-state index contributed by atoms with van der Waals surface area (Å²) >= 11 is 1.47. The summed E-state index contributed by atoms with van der Waals surface area (Å²) in [5, 5.41) is 13.5. The van der Waals surface area contributed by atoms with E-state index < -0.39 is 6.04 Å². The lowest BCUT2D eigenvalue weighted by Crippen LogP contribution is -2.26. The summed E-state index contributed by atoms with van der Waals surface area (Å²) in [5.74, 6) is -0.225. The van der Waals surface area contributed by atoms with E-state index in [4.69, 9.17) is 10.8 Å². The summed E-state index contributed by atoms with van der Waals surface area (Å²) in [6, 6.07) is 10.5. The van der Waals surface area contributed by atoms with Gasteiger partial charge in [0.15, 0.2) is 0 Å². The summed E-state index contributed by atoms with van der Waals surface area (Å²) in [6.45, 7) is 0.120. The van der Waals surface area contributed by atoms with Crippen LogP contribution in [0.1, 0.15) is 16.5 Å². The van der Waals surface area contributed by atoms with Gasteiger partial charge < -0.3 is 16.2 Å². The molecule has 1 aromatic carbocycles. The second-order valence-electron chi connectivity index (χ2n) is 4.15. The minimum absolute atomic E-state index is 0.120. The topological polar surface area (TPSA) is 75.4 Å². The Morgan fingerprint density at radius 1 is 1.32 bits per heavy atom. The molecule has 0 aliphatic carbocycles. The van der Waals surface area contributed by atoms with E-state index in [0.29, 0.717) is 12.1 Å². The van der Waals surface area contributed by atoms with Gasteiger partial charge >= 0.3 is 0 Å². The van der Waals surface area contributed by atoms with Crippen LogP contribution in [-0.4, -0.2) is 17.6 Å². The van der Waals surface area contributed by atoms with Crippen LogP contribution in [0.15, 0.2) is 41.8 Å². The third-order valence-corrected chi connectivity index (χ3v) is 3.71. The summed E-state index contributed by atoms with van der Waals surface area (Å²) in [7, 11) is 0. The highest BCUT2D eigenvalue weighted by molar-refractivity contribution is 7.10. The fourth-order valence-electron chi connectivity index (χ4n) is 1.70. The third-order valence-electron chi connectivity index (χ3n) is 2.75. The molecule has 2 aromatic rings. The molecule has 19 heavy (non-hydrogen) atoms. The summed E-state index contributed by atoms with van der Waals surface area (Å²) in [4.78, 5) is 12.8. The first-order valence-corrected chi connectivity index (χ1v) is 6.88. The second-order valence-corrected chi connectivity index (χ2v) is 5.13. The van der Waals surface area contributed by atoms with Crippen LogP contribution >= 0.6 is 11.3 Å². The second kappa shape index (κ2) is 6.47. The molecule has 4 nitrogen and oxygen atoms in total. The number of thiophene rings is 1. The van der Waals surface area contributed by atoms with E-state index in [1.54, 1.807) is 0 Å². The van der Waals surface area contributed by atoms with Gasteiger partial charge in [-0.15, -0.1) is 11.3 Å². The number of aliphatic hydroxyl groups excluding tert-OH is 1. The normalized spacial score (nSPS) is 12.1. The first-order chi connectivity index (χ1) is 9.20. The van der Waals surface area contributed by atoms with Crippen LogP contribution < -0.4 is 11.1 Å². The molecule has 1 aromatic heterocycles. The highest BCUT2D eigenvalue weighted by atomic mass is 32.1. The van der Waals surface area contributed by atoms with Gasteiger partial charge in [0.2, 0.25) is 5.91 Å². The standard InChI is InChI=1S/C14H16N2O2S/c15-13(12-2-1-9-19-12)14(18)16-11-5-3-10(4-6-11)7-8-17/h1-6,9,13,17H,7-8,15H2,(H,16,18). The van der Waals surface area contributed by atoms with Crippen molar-refractivity contribution in [3.05, 3.63) is 52.2 Å². The number of amides is 1. The predicted octanol–water partition coefficient (Wildman–Crippen LogP) is 1.92. The maximum Gasteiger partial charge on any atom is 0.246 e.